The second-order valence-electron chi connectivity index (χ2n) is 2.72. The molecule has 0 aliphatic carbocycles. The van der Waals surface area contributed by atoms with Crippen molar-refractivity contribution >= 4 is 9.84 Å². The minimum Gasteiger partial charge on any atom is -0.495 e. The van der Waals surface area contributed by atoms with Crippen molar-refractivity contribution in [2.75, 3.05) is 13.4 Å². The first-order valence-corrected chi connectivity index (χ1v) is 5.67. The van der Waals surface area contributed by atoms with Gasteiger partial charge < -0.3 is 4.74 Å². The Morgan fingerprint density at radius 3 is 2.50 bits per heavy atom. The fourth-order valence-electron chi connectivity index (χ4n) is 1.15. The van der Waals surface area contributed by atoms with Crippen LogP contribution in [0.15, 0.2) is 23.1 Å². The normalized spacial score (nSPS) is 10.6. The monoisotopic (exact) mass is 211 g/mol. The van der Waals surface area contributed by atoms with Crippen LogP contribution in [0.3, 0.4) is 0 Å². The highest BCUT2D eigenvalue weighted by molar-refractivity contribution is 7.90. The van der Waals surface area contributed by atoms with Crippen LogP contribution in [-0.2, 0) is 9.84 Å². The molecule has 0 saturated carbocycles. The van der Waals surface area contributed by atoms with Crippen LogP contribution in [0, 0.1) is 11.3 Å². The van der Waals surface area contributed by atoms with Crippen LogP contribution in [0.5, 0.6) is 5.75 Å². The number of methoxy groups -OCH3 is 1. The van der Waals surface area contributed by atoms with E-state index in [1.165, 1.54) is 19.2 Å². The second-order valence-corrected chi connectivity index (χ2v) is 4.67. The largest absolute Gasteiger partial charge is 0.495 e. The molecule has 0 saturated heterocycles. The van der Waals surface area contributed by atoms with Crippen molar-refractivity contribution in [2.24, 2.45) is 0 Å². The first-order chi connectivity index (χ1) is 6.50. The van der Waals surface area contributed by atoms with E-state index in [4.69, 9.17) is 10.00 Å². The summed E-state index contributed by atoms with van der Waals surface area (Å²) in [6.45, 7) is 0. The molecule has 5 heteroatoms. The van der Waals surface area contributed by atoms with Gasteiger partial charge in [0.05, 0.1) is 12.7 Å². The predicted molar refractivity (Wildman–Crippen MR) is 50.8 cm³/mol. The second kappa shape index (κ2) is 3.68. The van der Waals surface area contributed by atoms with Gasteiger partial charge in [-0.05, 0) is 12.1 Å². The quantitative estimate of drug-likeness (QED) is 0.731. The van der Waals surface area contributed by atoms with Gasteiger partial charge in [-0.25, -0.2) is 8.42 Å². The lowest BCUT2D eigenvalue weighted by Crippen LogP contribution is -2.03. The first kappa shape index (κ1) is 10.5. The summed E-state index contributed by atoms with van der Waals surface area (Å²) in [5.74, 6) is 0.201. The zero-order valence-corrected chi connectivity index (χ0v) is 8.63. The van der Waals surface area contributed by atoms with Crippen molar-refractivity contribution in [2.45, 2.75) is 4.90 Å². The molecule has 14 heavy (non-hydrogen) atoms. The van der Waals surface area contributed by atoms with Crippen LogP contribution in [0.4, 0.5) is 0 Å². The molecule has 0 N–H and O–H groups in total. The summed E-state index contributed by atoms with van der Waals surface area (Å²) in [4.78, 5) is -0.0509. The number of hydrogen-bond acceptors (Lipinski definition) is 4. The van der Waals surface area contributed by atoms with Crippen LogP contribution in [0.25, 0.3) is 0 Å². The van der Waals surface area contributed by atoms with Gasteiger partial charge in [-0.2, -0.15) is 5.26 Å². The third-order valence-electron chi connectivity index (χ3n) is 1.69. The number of hydrogen-bond donors (Lipinski definition) is 0. The fourth-order valence-corrected chi connectivity index (χ4v) is 2.18. The van der Waals surface area contributed by atoms with E-state index in [0.717, 1.165) is 6.26 Å². The highest BCUT2D eigenvalue weighted by Gasteiger charge is 2.18. The van der Waals surface area contributed by atoms with Gasteiger partial charge in [-0.15, -0.1) is 0 Å². The first-order valence-electron chi connectivity index (χ1n) is 3.78. The molecule has 0 atom stereocenters. The van der Waals surface area contributed by atoms with E-state index in [9.17, 15) is 8.42 Å². The molecule has 0 heterocycles. The zero-order chi connectivity index (χ0) is 10.8. The molecule has 1 rings (SSSR count). The van der Waals surface area contributed by atoms with Crippen LogP contribution in [0.1, 0.15) is 5.56 Å². The van der Waals surface area contributed by atoms with Crippen molar-refractivity contribution < 1.29 is 13.2 Å². The van der Waals surface area contributed by atoms with E-state index in [2.05, 4.69) is 0 Å². The molecule has 74 valence electrons. The molecule has 1 aromatic rings. The lowest BCUT2D eigenvalue weighted by atomic mass is 10.2. The Morgan fingerprint density at radius 1 is 1.43 bits per heavy atom. The lowest BCUT2D eigenvalue weighted by Gasteiger charge is -2.07. The van der Waals surface area contributed by atoms with Crippen LogP contribution in [0.2, 0.25) is 0 Å². The fraction of sp³-hybridized carbons (Fsp3) is 0.222. The van der Waals surface area contributed by atoms with Crippen molar-refractivity contribution in [1.82, 2.24) is 0 Å². The number of rotatable bonds is 2. The molecule has 0 aliphatic heterocycles. The van der Waals surface area contributed by atoms with Crippen molar-refractivity contribution in [3.05, 3.63) is 23.8 Å². The summed E-state index contributed by atoms with van der Waals surface area (Å²) in [6, 6.07) is 6.35. The van der Waals surface area contributed by atoms with E-state index in [1.54, 1.807) is 6.07 Å². The highest BCUT2D eigenvalue weighted by atomic mass is 32.2. The van der Waals surface area contributed by atoms with Crippen LogP contribution in [-0.4, -0.2) is 21.8 Å². The van der Waals surface area contributed by atoms with Gasteiger partial charge in [0.2, 0.25) is 0 Å². The molecule has 0 aliphatic rings. The molecule has 0 radical (unpaired) electrons. The van der Waals surface area contributed by atoms with E-state index in [0.29, 0.717) is 0 Å². The van der Waals surface area contributed by atoms with Crippen LogP contribution < -0.4 is 4.74 Å². The number of sulfone groups is 1. The molecule has 0 bridgehead atoms. The number of ether oxygens (including phenoxy) is 1. The van der Waals surface area contributed by atoms with Crippen molar-refractivity contribution in [3.63, 3.8) is 0 Å². The average molecular weight is 211 g/mol. The summed E-state index contributed by atoms with van der Waals surface area (Å²) in [7, 11) is -2.07. The number of nitriles is 1. The van der Waals surface area contributed by atoms with E-state index >= 15 is 0 Å². The Morgan fingerprint density at radius 2 is 2.07 bits per heavy atom. The molecule has 0 spiro atoms. The summed E-state index contributed by atoms with van der Waals surface area (Å²) in [5, 5.41) is 8.73. The molecule has 0 amide bonds. The van der Waals surface area contributed by atoms with Crippen LogP contribution >= 0.6 is 0 Å². The maximum Gasteiger partial charge on any atom is 0.180 e. The summed E-state index contributed by atoms with van der Waals surface area (Å²) < 4.78 is 27.6. The Bertz CT molecular complexity index is 485. The summed E-state index contributed by atoms with van der Waals surface area (Å²) >= 11 is 0. The lowest BCUT2D eigenvalue weighted by molar-refractivity contribution is 0.402. The maximum atomic E-state index is 11.4. The number of nitrogens with zero attached hydrogens (tertiary/aromatic N) is 1. The Balaban J connectivity index is 3.61. The molecule has 0 unspecified atom stereocenters. The number of benzene rings is 1. The third kappa shape index (κ3) is 1.86. The minimum atomic E-state index is -3.44. The van der Waals surface area contributed by atoms with E-state index in [1.807, 2.05) is 6.07 Å². The van der Waals surface area contributed by atoms with Gasteiger partial charge >= 0.3 is 0 Å². The Labute approximate surface area is 82.7 Å². The molecule has 0 aromatic heterocycles. The van der Waals surface area contributed by atoms with Crippen molar-refractivity contribution in [1.29, 1.82) is 5.26 Å². The molecular weight excluding hydrogens is 202 g/mol. The highest BCUT2D eigenvalue weighted by Crippen LogP contribution is 2.26. The van der Waals surface area contributed by atoms with Crippen molar-refractivity contribution in [3.8, 4) is 11.8 Å². The zero-order valence-electron chi connectivity index (χ0n) is 7.81. The van der Waals surface area contributed by atoms with Gasteiger partial charge in [-0.3, -0.25) is 0 Å². The van der Waals surface area contributed by atoms with Gasteiger partial charge in [0.1, 0.15) is 16.7 Å². The molecule has 4 nitrogen and oxygen atoms in total. The van der Waals surface area contributed by atoms with E-state index in [-0.39, 0.29) is 16.2 Å². The summed E-state index contributed by atoms with van der Waals surface area (Å²) in [6.07, 6.45) is 1.05. The Kier molecular flexibility index (Phi) is 2.77. The standard InChI is InChI=1S/C9H9NO3S/c1-13-8-5-3-4-7(6-10)9(8)14(2,11)12/h3-5H,1-2H3. The third-order valence-corrected chi connectivity index (χ3v) is 2.85. The molecule has 1 aromatic carbocycles. The van der Waals surface area contributed by atoms with E-state index < -0.39 is 9.84 Å². The Hall–Kier alpha value is -1.54. The van der Waals surface area contributed by atoms with Gasteiger partial charge in [-0.1, -0.05) is 6.07 Å². The van der Waals surface area contributed by atoms with Gasteiger partial charge in [0, 0.05) is 6.26 Å². The maximum absolute atomic E-state index is 11.4. The molecular formula is C9H9NO3S. The SMILES string of the molecule is COc1cccc(C#N)c1S(C)(=O)=O. The van der Waals surface area contributed by atoms with Gasteiger partial charge in [0.25, 0.3) is 0 Å². The van der Waals surface area contributed by atoms with Gasteiger partial charge in [0.15, 0.2) is 9.84 Å². The summed E-state index contributed by atoms with van der Waals surface area (Å²) in [5.41, 5.74) is 0.104. The topological polar surface area (TPSA) is 67.2 Å². The predicted octanol–water partition coefficient (Wildman–Crippen LogP) is 0.970. The minimum absolute atomic E-state index is 0.0509. The molecule has 0 fully saturated rings. The average Bonchev–Trinajstić information content (AvgIpc) is 2.15. The smallest absolute Gasteiger partial charge is 0.180 e.